The lowest BCUT2D eigenvalue weighted by Gasteiger charge is -2.32. The Bertz CT molecular complexity index is 267. The summed E-state index contributed by atoms with van der Waals surface area (Å²) in [5.74, 6) is 0. The lowest BCUT2D eigenvalue weighted by molar-refractivity contribution is 0.209. The van der Waals surface area contributed by atoms with Crippen LogP contribution in [0.25, 0.3) is 0 Å². The van der Waals surface area contributed by atoms with E-state index in [2.05, 4.69) is 20.8 Å². The van der Waals surface area contributed by atoms with Gasteiger partial charge in [-0.25, -0.2) is 0 Å². The summed E-state index contributed by atoms with van der Waals surface area (Å²) in [6, 6.07) is 0. The predicted molar refractivity (Wildman–Crippen MR) is 115 cm³/mol. The monoisotopic (exact) mass is 374 g/mol. The fourth-order valence-corrected chi connectivity index (χ4v) is 3.95. The number of aliphatic hydroxyl groups excluding tert-OH is 1. The molecule has 2 unspecified atom stereocenters. The van der Waals surface area contributed by atoms with E-state index in [-0.39, 0.29) is 17.4 Å². The van der Waals surface area contributed by atoms with Crippen molar-refractivity contribution in [2.45, 2.75) is 135 Å². The SMILES string of the molecule is CCCCCCCCCCCCCCCCC(C)(CCCO)C(C)Cl. The van der Waals surface area contributed by atoms with Gasteiger partial charge in [-0.1, -0.05) is 104 Å². The van der Waals surface area contributed by atoms with E-state index >= 15 is 0 Å². The van der Waals surface area contributed by atoms with Crippen molar-refractivity contribution >= 4 is 11.6 Å². The molecule has 0 rings (SSSR count). The molecule has 0 aromatic heterocycles. The molecule has 1 nitrogen and oxygen atoms in total. The molecule has 0 bridgehead atoms. The number of alkyl halides is 1. The average molecular weight is 375 g/mol. The van der Waals surface area contributed by atoms with Crippen LogP contribution in [0.15, 0.2) is 0 Å². The van der Waals surface area contributed by atoms with E-state index < -0.39 is 0 Å². The number of hydrogen-bond donors (Lipinski definition) is 1. The van der Waals surface area contributed by atoms with Crippen molar-refractivity contribution in [3.8, 4) is 0 Å². The Morgan fingerprint density at radius 2 is 1.04 bits per heavy atom. The minimum Gasteiger partial charge on any atom is -0.396 e. The Hall–Kier alpha value is 0.250. The van der Waals surface area contributed by atoms with Gasteiger partial charge in [-0.05, 0) is 31.6 Å². The standard InChI is InChI=1S/C23H47ClO/c1-4-5-6-7-8-9-10-11-12-13-14-15-16-17-19-23(3,22(2)24)20-18-21-25/h22,25H,4-21H2,1-3H3. The summed E-state index contributed by atoms with van der Waals surface area (Å²) in [4.78, 5) is 0. The molecule has 1 N–H and O–H groups in total. The Balaban J connectivity index is 3.40. The number of rotatable bonds is 19. The molecule has 25 heavy (non-hydrogen) atoms. The molecule has 0 fully saturated rings. The van der Waals surface area contributed by atoms with Crippen molar-refractivity contribution in [2.75, 3.05) is 6.61 Å². The average Bonchev–Trinajstić information content (AvgIpc) is 2.60. The molecule has 2 heteroatoms. The zero-order valence-corrected chi connectivity index (χ0v) is 18.4. The van der Waals surface area contributed by atoms with E-state index in [1.165, 1.54) is 96.3 Å². The van der Waals surface area contributed by atoms with Crippen LogP contribution in [0, 0.1) is 5.41 Å². The first-order chi connectivity index (χ1) is 12.1. The van der Waals surface area contributed by atoms with E-state index in [9.17, 15) is 0 Å². The molecule has 0 aliphatic heterocycles. The van der Waals surface area contributed by atoms with Gasteiger partial charge in [0, 0.05) is 12.0 Å². The van der Waals surface area contributed by atoms with Crippen LogP contribution < -0.4 is 0 Å². The number of unbranched alkanes of at least 4 members (excludes halogenated alkanes) is 13. The molecular formula is C23H47ClO. The summed E-state index contributed by atoms with van der Waals surface area (Å²) in [7, 11) is 0. The third-order valence-electron chi connectivity index (χ3n) is 5.97. The lowest BCUT2D eigenvalue weighted by Crippen LogP contribution is -2.26. The summed E-state index contributed by atoms with van der Waals surface area (Å²) in [5.41, 5.74) is 0.196. The first kappa shape index (κ1) is 25.2. The number of hydrogen-bond acceptors (Lipinski definition) is 1. The van der Waals surface area contributed by atoms with Gasteiger partial charge in [-0.2, -0.15) is 0 Å². The Labute approximate surface area is 164 Å². The molecule has 0 amide bonds. The maximum atomic E-state index is 9.06. The van der Waals surface area contributed by atoms with Crippen LogP contribution in [0.4, 0.5) is 0 Å². The summed E-state index contributed by atoms with van der Waals surface area (Å²) >= 11 is 6.40. The Morgan fingerprint density at radius 3 is 1.40 bits per heavy atom. The molecule has 0 aliphatic carbocycles. The lowest BCUT2D eigenvalue weighted by atomic mass is 9.78. The maximum absolute atomic E-state index is 9.06. The Kier molecular flexibility index (Phi) is 17.8. The molecule has 2 atom stereocenters. The molecule has 0 saturated heterocycles. The summed E-state index contributed by atoms with van der Waals surface area (Å²) in [6.07, 6.45) is 22.9. The third kappa shape index (κ3) is 15.0. The molecular weight excluding hydrogens is 328 g/mol. The summed E-state index contributed by atoms with van der Waals surface area (Å²) < 4.78 is 0. The van der Waals surface area contributed by atoms with Gasteiger partial charge >= 0.3 is 0 Å². The van der Waals surface area contributed by atoms with Crippen molar-refractivity contribution in [3.05, 3.63) is 0 Å². The normalized spacial score (nSPS) is 15.2. The van der Waals surface area contributed by atoms with E-state index in [0.717, 1.165) is 12.8 Å². The van der Waals surface area contributed by atoms with Crippen molar-refractivity contribution in [1.82, 2.24) is 0 Å². The highest BCUT2D eigenvalue weighted by Gasteiger charge is 2.28. The van der Waals surface area contributed by atoms with Crippen LogP contribution in [-0.4, -0.2) is 17.1 Å². The fraction of sp³-hybridized carbons (Fsp3) is 1.00. The van der Waals surface area contributed by atoms with Crippen molar-refractivity contribution in [1.29, 1.82) is 0 Å². The second-order valence-corrected chi connectivity index (χ2v) is 9.10. The maximum Gasteiger partial charge on any atom is 0.0431 e. The van der Waals surface area contributed by atoms with Crippen LogP contribution in [-0.2, 0) is 0 Å². The first-order valence-corrected chi connectivity index (χ1v) is 11.8. The molecule has 152 valence electrons. The molecule has 0 heterocycles. The molecule has 0 radical (unpaired) electrons. The minimum atomic E-state index is 0.195. The van der Waals surface area contributed by atoms with Gasteiger partial charge in [-0.15, -0.1) is 11.6 Å². The van der Waals surface area contributed by atoms with Gasteiger partial charge < -0.3 is 5.11 Å². The van der Waals surface area contributed by atoms with Crippen LogP contribution in [0.2, 0.25) is 0 Å². The molecule has 0 saturated carbocycles. The van der Waals surface area contributed by atoms with Gasteiger partial charge in [0.2, 0.25) is 0 Å². The van der Waals surface area contributed by atoms with E-state index in [1.54, 1.807) is 0 Å². The van der Waals surface area contributed by atoms with Crippen molar-refractivity contribution < 1.29 is 5.11 Å². The second kappa shape index (κ2) is 17.7. The molecule has 0 aromatic rings. The van der Waals surface area contributed by atoms with Gasteiger partial charge in [0.25, 0.3) is 0 Å². The van der Waals surface area contributed by atoms with Gasteiger partial charge in [0.15, 0.2) is 0 Å². The minimum absolute atomic E-state index is 0.195. The zero-order chi connectivity index (χ0) is 18.8. The van der Waals surface area contributed by atoms with Crippen LogP contribution in [0.1, 0.15) is 130 Å². The smallest absolute Gasteiger partial charge is 0.0431 e. The quantitative estimate of drug-likeness (QED) is 0.178. The summed E-state index contributed by atoms with van der Waals surface area (Å²) in [6.45, 7) is 6.98. The van der Waals surface area contributed by atoms with E-state index in [1.807, 2.05) is 0 Å². The topological polar surface area (TPSA) is 20.2 Å². The number of aliphatic hydroxyl groups is 1. The largest absolute Gasteiger partial charge is 0.396 e. The van der Waals surface area contributed by atoms with E-state index in [4.69, 9.17) is 16.7 Å². The van der Waals surface area contributed by atoms with Crippen LogP contribution in [0.5, 0.6) is 0 Å². The third-order valence-corrected chi connectivity index (χ3v) is 6.49. The van der Waals surface area contributed by atoms with Gasteiger partial charge in [-0.3, -0.25) is 0 Å². The van der Waals surface area contributed by atoms with Crippen molar-refractivity contribution in [2.24, 2.45) is 5.41 Å². The second-order valence-electron chi connectivity index (χ2n) is 8.44. The molecule has 0 aliphatic rings. The fourth-order valence-electron chi connectivity index (χ4n) is 3.73. The highest BCUT2D eigenvalue weighted by molar-refractivity contribution is 6.20. The Morgan fingerprint density at radius 1 is 0.680 bits per heavy atom. The van der Waals surface area contributed by atoms with Gasteiger partial charge in [0.05, 0.1) is 0 Å². The van der Waals surface area contributed by atoms with Crippen LogP contribution in [0.3, 0.4) is 0 Å². The molecule has 0 aromatic carbocycles. The van der Waals surface area contributed by atoms with Crippen LogP contribution >= 0.6 is 11.6 Å². The van der Waals surface area contributed by atoms with E-state index in [0.29, 0.717) is 0 Å². The highest BCUT2D eigenvalue weighted by Crippen LogP contribution is 2.36. The first-order valence-electron chi connectivity index (χ1n) is 11.3. The van der Waals surface area contributed by atoms with Crippen molar-refractivity contribution in [3.63, 3.8) is 0 Å². The summed E-state index contributed by atoms with van der Waals surface area (Å²) in [5, 5.41) is 9.26. The highest BCUT2D eigenvalue weighted by atomic mass is 35.5. The molecule has 0 spiro atoms. The zero-order valence-electron chi connectivity index (χ0n) is 17.6. The van der Waals surface area contributed by atoms with Gasteiger partial charge in [0.1, 0.15) is 0 Å². The predicted octanol–water partition coefficient (Wildman–Crippen LogP) is 8.26. The number of halogens is 1.